The number of carbonyl (C=O) groups is 1. The molecule has 0 radical (unpaired) electrons. The Bertz CT molecular complexity index is 536. The van der Waals surface area contributed by atoms with E-state index in [9.17, 15) is 9.59 Å². The Balaban J connectivity index is 0.00000220. The average molecular weight is 314 g/mol. The van der Waals surface area contributed by atoms with E-state index in [0.29, 0.717) is 18.7 Å². The van der Waals surface area contributed by atoms with E-state index in [1.54, 1.807) is 25.4 Å². The van der Waals surface area contributed by atoms with Gasteiger partial charge in [-0.3, -0.25) is 9.59 Å². The Hall–Kier alpha value is -1.33. The summed E-state index contributed by atoms with van der Waals surface area (Å²) in [4.78, 5) is 24.1. The second-order valence-corrected chi connectivity index (χ2v) is 5.83. The second kappa shape index (κ2) is 7.61. The van der Waals surface area contributed by atoms with Gasteiger partial charge in [0, 0.05) is 19.7 Å². The van der Waals surface area contributed by atoms with Crippen LogP contribution in [0.5, 0.6) is 0 Å². The fourth-order valence-corrected chi connectivity index (χ4v) is 2.98. The van der Waals surface area contributed by atoms with Crippen LogP contribution < -0.4 is 16.6 Å². The van der Waals surface area contributed by atoms with E-state index >= 15 is 0 Å². The monoisotopic (exact) mass is 313 g/mol. The maximum atomic E-state index is 12.2. The van der Waals surface area contributed by atoms with Crippen LogP contribution in [0, 0.1) is 5.41 Å². The molecule has 1 aromatic heterocycles. The van der Waals surface area contributed by atoms with Gasteiger partial charge in [-0.2, -0.15) is 0 Å². The molecule has 6 heteroatoms. The molecule has 1 saturated carbocycles. The molecule has 2 rings (SSSR count). The van der Waals surface area contributed by atoms with Gasteiger partial charge in [0.25, 0.3) is 5.56 Å². The number of nitrogens with zero attached hydrogens (tertiary/aromatic N) is 1. The first-order valence-corrected chi connectivity index (χ1v) is 7.22. The van der Waals surface area contributed by atoms with Crippen LogP contribution in [0.15, 0.2) is 23.1 Å². The third kappa shape index (κ3) is 4.32. The Labute approximate surface area is 131 Å². The number of nitrogens with two attached hydrogens (primary N) is 1. The van der Waals surface area contributed by atoms with Crippen LogP contribution in [0.2, 0.25) is 0 Å². The lowest BCUT2D eigenvalue weighted by Crippen LogP contribution is -2.37. The van der Waals surface area contributed by atoms with E-state index in [1.165, 1.54) is 11.0 Å². The first kappa shape index (κ1) is 17.7. The van der Waals surface area contributed by atoms with Crippen LogP contribution >= 0.6 is 12.4 Å². The number of amides is 1. The van der Waals surface area contributed by atoms with Gasteiger partial charge in [0.05, 0.1) is 0 Å². The van der Waals surface area contributed by atoms with Gasteiger partial charge in [-0.15, -0.1) is 12.4 Å². The van der Waals surface area contributed by atoms with Crippen molar-refractivity contribution in [2.45, 2.75) is 38.5 Å². The number of halogens is 1. The van der Waals surface area contributed by atoms with Crippen molar-refractivity contribution in [3.63, 3.8) is 0 Å². The zero-order valence-corrected chi connectivity index (χ0v) is 13.2. The Morgan fingerprint density at radius 1 is 1.38 bits per heavy atom. The van der Waals surface area contributed by atoms with Gasteiger partial charge in [0.2, 0.25) is 5.91 Å². The zero-order chi connectivity index (χ0) is 14.6. The fourth-order valence-electron chi connectivity index (χ4n) is 2.98. The van der Waals surface area contributed by atoms with Crippen LogP contribution in [0.3, 0.4) is 0 Å². The highest BCUT2D eigenvalue weighted by Crippen LogP contribution is 2.38. The normalized spacial score (nSPS) is 16.9. The number of rotatable bonds is 4. The van der Waals surface area contributed by atoms with Crippen molar-refractivity contribution in [3.8, 4) is 0 Å². The molecule has 3 N–H and O–H groups in total. The van der Waals surface area contributed by atoms with Gasteiger partial charge >= 0.3 is 0 Å². The maximum absolute atomic E-state index is 12.2. The van der Waals surface area contributed by atoms with Gasteiger partial charge in [-0.1, -0.05) is 19.3 Å². The molecule has 0 spiro atoms. The molecule has 5 nitrogen and oxygen atoms in total. The van der Waals surface area contributed by atoms with Gasteiger partial charge in [0.1, 0.15) is 5.69 Å². The molecule has 0 atom stereocenters. The summed E-state index contributed by atoms with van der Waals surface area (Å²) < 4.78 is 1.45. The lowest BCUT2D eigenvalue weighted by Gasteiger charge is -2.35. The standard InChI is InChI=1S/C15H23N3O2.ClH/c1-18-9-5-6-12(14(18)20)17-13(19)10-15(11-16)7-3-2-4-8-15;/h5-6,9H,2-4,7-8,10-11,16H2,1H3,(H,17,19);1H. The SMILES string of the molecule is Cl.Cn1cccc(NC(=O)CC2(CN)CCCCC2)c1=O. The number of anilines is 1. The molecule has 1 amide bonds. The number of nitrogens with one attached hydrogen (secondary N) is 1. The Morgan fingerprint density at radius 2 is 2.05 bits per heavy atom. The van der Waals surface area contributed by atoms with E-state index in [1.807, 2.05) is 0 Å². The van der Waals surface area contributed by atoms with Gasteiger partial charge < -0.3 is 15.6 Å². The number of hydrogen-bond donors (Lipinski definition) is 2. The predicted octanol–water partition coefficient (Wildman–Crippen LogP) is 2.04. The minimum Gasteiger partial charge on any atom is -0.330 e. The molecule has 0 saturated heterocycles. The van der Waals surface area contributed by atoms with Crippen LogP contribution in [0.25, 0.3) is 0 Å². The van der Waals surface area contributed by atoms with E-state index < -0.39 is 0 Å². The minimum absolute atomic E-state index is 0. The number of pyridine rings is 1. The molecule has 1 fully saturated rings. The molecular formula is C15H24ClN3O2. The molecule has 21 heavy (non-hydrogen) atoms. The zero-order valence-electron chi connectivity index (χ0n) is 12.4. The second-order valence-electron chi connectivity index (χ2n) is 5.83. The first-order chi connectivity index (χ1) is 9.56. The molecule has 0 unspecified atom stereocenters. The number of carbonyl (C=O) groups excluding carboxylic acids is 1. The van der Waals surface area contributed by atoms with Crippen molar-refractivity contribution in [3.05, 3.63) is 28.7 Å². The van der Waals surface area contributed by atoms with Crippen molar-refractivity contribution in [1.82, 2.24) is 4.57 Å². The molecule has 0 aliphatic heterocycles. The summed E-state index contributed by atoms with van der Waals surface area (Å²) in [5, 5.41) is 2.73. The molecule has 1 aliphatic rings. The van der Waals surface area contributed by atoms with Gasteiger partial charge in [-0.05, 0) is 36.9 Å². The third-order valence-corrected chi connectivity index (χ3v) is 4.28. The molecule has 118 valence electrons. The lowest BCUT2D eigenvalue weighted by molar-refractivity contribution is -0.118. The molecule has 1 heterocycles. The minimum atomic E-state index is -0.189. The smallest absolute Gasteiger partial charge is 0.274 e. The predicted molar refractivity (Wildman–Crippen MR) is 86.8 cm³/mol. The van der Waals surface area contributed by atoms with E-state index in [0.717, 1.165) is 25.7 Å². The highest BCUT2D eigenvalue weighted by molar-refractivity contribution is 5.91. The first-order valence-electron chi connectivity index (χ1n) is 7.22. The quantitative estimate of drug-likeness (QED) is 0.893. The van der Waals surface area contributed by atoms with E-state index in [4.69, 9.17) is 5.73 Å². The topological polar surface area (TPSA) is 77.1 Å². The molecule has 1 aliphatic carbocycles. The van der Waals surface area contributed by atoms with Crippen LogP contribution in [-0.4, -0.2) is 17.0 Å². The number of aryl methyl sites for hydroxylation is 1. The van der Waals surface area contributed by atoms with Gasteiger partial charge in [0.15, 0.2) is 0 Å². The summed E-state index contributed by atoms with van der Waals surface area (Å²) in [5.41, 5.74) is 5.95. The highest BCUT2D eigenvalue weighted by Gasteiger charge is 2.33. The lowest BCUT2D eigenvalue weighted by atomic mass is 9.71. The van der Waals surface area contributed by atoms with Crippen molar-refractivity contribution in [2.24, 2.45) is 18.2 Å². The summed E-state index contributed by atoms with van der Waals surface area (Å²) in [5.74, 6) is -0.111. The summed E-state index contributed by atoms with van der Waals surface area (Å²) in [6, 6.07) is 3.38. The van der Waals surface area contributed by atoms with Gasteiger partial charge in [-0.25, -0.2) is 0 Å². The molecule has 0 aromatic carbocycles. The molecule has 0 bridgehead atoms. The average Bonchev–Trinajstić information content (AvgIpc) is 2.45. The van der Waals surface area contributed by atoms with Crippen molar-refractivity contribution in [1.29, 1.82) is 0 Å². The summed E-state index contributed by atoms with van der Waals surface area (Å²) in [6.45, 7) is 0.535. The van der Waals surface area contributed by atoms with Crippen molar-refractivity contribution in [2.75, 3.05) is 11.9 Å². The van der Waals surface area contributed by atoms with Crippen molar-refractivity contribution >= 4 is 24.0 Å². The largest absolute Gasteiger partial charge is 0.330 e. The Morgan fingerprint density at radius 3 is 2.67 bits per heavy atom. The highest BCUT2D eigenvalue weighted by atomic mass is 35.5. The van der Waals surface area contributed by atoms with E-state index in [-0.39, 0.29) is 29.3 Å². The molecular weight excluding hydrogens is 290 g/mol. The van der Waals surface area contributed by atoms with Crippen LogP contribution in [-0.2, 0) is 11.8 Å². The summed E-state index contributed by atoms with van der Waals surface area (Å²) in [6.07, 6.45) is 7.58. The Kier molecular flexibility index (Phi) is 6.42. The van der Waals surface area contributed by atoms with Crippen LogP contribution in [0.4, 0.5) is 5.69 Å². The van der Waals surface area contributed by atoms with Crippen LogP contribution in [0.1, 0.15) is 38.5 Å². The number of aromatic nitrogens is 1. The summed E-state index contributed by atoms with van der Waals surface area (Å²) in [7, 11) is 1.67. The maximum Gasteiger partial charge on any atom is 0.274 e. The molecule has 1 aromatic rings. The fraction of sp³-hybridized carbons (Fsp3) is 0.600. The summed E-state index contributed by atoms with van der Waals surface area (Å²) >= 11 is 0. The third-order valence-electron chi connectivity index (χ3n) is 4.28. The van der Waals surface area contributed by atoms with E-state index in [2.05, 4.69) is 5.32 Å². The number of hydrogen-bond acceptors (Lipinski definition) is 3. The van der Waals surface area contributed by atoms with Crippen molar-refractivity contribution < 1.29 is 4.79 Å².